The van der Waals surface area contributed by atoms with Crippen LogP contribution in [0.4, 0.5) is 4.39 Å². The molecule has 3 nitrogen and oxygen atoms in total. The fourth-order valence-corrected chi connectivity index (χ4v) is 2.96. The molecule has 0 saturated heterocycles. The molecular weight excluding hydrogens is 301 g/mol. The summed E-state index contributed by atoms with van der Waals surface area (Å²) < 4.78 is 13.9. The summed E-state index contributed by atoms with van der Waals surface area (Å²) in [5.41, 5.74) is 4.90. The Bertz CT molecular complexity index is 1020. The highest BCUT2D eigenvalue weighted by atomic mass is 19.1. The van der Waals surface area contributed by atoms with Gasteiger partial charge in [0.1, 0.15) is 5.82 Å². The van der Waals surface area contributed by atoms with E-state index in [1.54, 1.807) is 18.5 Å². The normalized spacial score (nSPS) is 10.9. The highest BCUT2D eigenvalue weighted by Crippen LogP contribution is 2.37. The highest BCUT2D eigenvalue weighted by Gasteiger charge is 2.18. The maximum Gasteiger partial charge on any atom is 0.123 e. The number of hydrogen-bond donors (Lipinski definition) is 0. The summed E-state index contributed by atoms with van der Waals surface area (Å²) in [5, 5.41) is 0.736. The summed E-state index contributed by atoms with van der Waals surface area (Å²) in [6, 6.07) is 16.1. The van der Waals surface area contributed by atoms with Crippen molar-refractivity contribution in [1.29, 1.82) is 0 Å². The van der Waals surface area contributed by atoms with E-state index in [-0.39, 0.29) is 5.82 Å². The van der Waals surface area contributed by atoms with E-state index < -0.39 is 0 Å². The predicted molar refractivity (Wildman–Crippen MR) is 92.9 cm³/mol. The van der Waals surface area contributed by atoms with Crippen LogP contribution in [0.25, 0.3) is 33.4 Å². The first kappa shape index (κ1) is 14.5. The Balaban J connectivity index is 2.17. The third-order valence-corrected chi connectivity index (χ3v) is 3.97. The van der Waals surface area contributed by atoms with Crippen LogP contribution in [-0.4, -0.2) is 15.0 Å². The van der Waals surface area contributed by atoms with E-state index in [0.29, 0.717) is 0 Å². The molecular formula is C20H14FN3. The quantitative estimate of drug-likeness (QED) is 0.533. The van der Waals surface area contributed by atoms with Gasteiger partial charge in [0.25, 0.3) is 0 Å². The number of halogens is 1. The van der Waals surface area contributed by atoms with E-state index in [9.17, 15) is 4.39 Å². The molecule has 1 aromatic carbocycles. The summed E-state index contributed by atoms with van der Waals surface area (Å²) in [7, 11) is 0. The first-order valence-corrected chi connectivity index (χ1v) is 7.67. The molecule has 116 valence electrons. The van der Waals surface area contributed by atoms with Crippen molar-refractivity contribution in [1.82, 2.24) is 15.0 Å². The Kier molecular flexibility index (Phi) is 3.50. The van der Waals surface area contributed by atoms with Crippen molar-refractivity contribution in [2.45, 2.75) is 6.92 Å². The number of aryl methyl sites for hydroxylation is 1. The van der Waals surface area contributed by atoms with Crippen molar-refractivity contribution in [3.8, 4) is 22.5 Å². The van der Waals surface area contributed by atoms with Gasteiger partial charge >= 0.3 is 0 Å². The minimum atomic E-state index is -0.294. The average molecular weight is 315 g/mol. The van der Waals surface area contributed by atoms with Gasteiger partial charge < -0.3 is 0 Å². The number of nitrogens with zero attached hydrogens (tertiary/aromatic N) is 3. The lowest BCUT2D eigenvalue weighted by Gasteiger charge is -2.15. The number of pyridine rings is 3. The Hall–Kier alpha value is -3.14. The third-order valence-electron chi connectivity index (χ3n) is 3.97. The van der Waals surface area contributed by atoms with E-state index in [1.165, 1.54) is 12.1 Å². The SMILES string of the molecule is Cc1nc2ccc(F)cc2c(-c2ccccn2)c1-c1ccccn1. The Morgan fingerprint density at radius 3 is 2.08 bits per heavy atom. The first-order chi connectivity index (χ1) is 11.7. The molecule has 0 unspecified atom stereocenters. The molecule has 0 atom stereocenters. The second-order valence-corrected chi connectivity index (χ2v) is 5.54. The van der Waals surface area contributed by atoms with Gasteiger partial charge in [-0.25, -0.2) is 4.39 Å². The highest BCUT2D eigenvalue weighted by molar-refractivity contribution is 6.01. The number of hydrogen-bond acceptors (Lipinski definition) is 3. The van der Waals surface area contributed by atoms with Crippen molar-refractivity contribution in [3.05, 3.63) is 78.5 Å². The van der Waals surface area contributed by atoms with Crippen LogP contribution in [0, 0.1) is 12.7 Å². The fourth-order valence-electron chi connectivity index (χ4n) is 2.96. The van der Waals surface area contributed by atoms with Crippen LogP contribution in [0.3, 0.4) is 0 Å². The second-order valence-electron chi connectivity index (χ2n) is 5.54. The van der Waals surface area contributed by atoms with Gasteiger partial charge in [-0.05, 0) is 49.4 Å². The molecule has 3 aromatic heterocycles. The van der Waals surface area contributed by atoms with Crippen molar-refractivity contribution >= 4 is 10.9 Å². The first-order valence-electron chi connectivity index (χ1n) is 7.67. The lowest BCUT2D eigenvalue weighted by atomic mass is 9.95. The van der Waals surface area contributed by atoms with Crippen molar-refractivity contribution in [2.75, 3.05) is 0 Å². The number of fused-ring (bicyclic) bond motifs is 1. The Labute approximate surface area is 138 Å². The van der Waals surface area contributed by atoms with Gasteiger partial charge in [0.2, 0.25) is 0 Å². The fraction of sp³-hybridized carbons (Fsp3) is 0.0500. The molecule has 0 spiro atoms. The molecule has 4 rings (SSSR count). The average Bonchev–Trinajstić information content (AvgIpc) is 2.62. The van der Waals surface area contributed by atoms with Gasteiger partial charge in [0.15, 0.2) is 0 Å². The lowest BCUT2D eigenvalue weighted by molar-refractivity contribution is 0.629. The summed E-state index contributed by atoms with van der Waals surface area (Å²) in [6.45, 7) is 1.94. The molecule has 0 aliphatic heterocycles. The van der Waals surface area contributed by atoms with E-state index in [4.69, 9.17) is 0 Å². The topological polar surface area (TPSA) is 38.7 Å². The molecule has 4 aromatic rings. The second kappa shape index (κ2) is 5.81. The summed E-state index contributed by atoms with van der Waals surface area (Å²) in [4.78, 5) is 13.6. The van der Waals surface area contributed by atoms with Crippen molar-refractivity contribution in [3.63, 3.8) is 0 Å². The minimum Gasteiger partial charge on any atom is -0.256 e. The number of rotatable bonds is 2. The van der Waals surface area contributed by atoms with Crippen molar-refractivity contribution < 1.29 is 4.39 Å². The molecule has 0 bridgehead atoms. The van der Waals surface area contributed by atoms with Crippen LogP contribution in [0.1, 0.15) is 5.69 Å². The molecule has 4 heteroatoms. The van der Waals surface area contributed by atoms with Gasteiger partial charge in [0, 0.05) is 34.6 Å². The number of benzene rings is 1. The molecule has 0 fully saturated rings. The Morgan fingerprint density at radius 1 is 0.792 bits per heavy atom. The monoisotopic (exact) mass is 315 g/mol. The molecule has 0 radical (unpaired) electrons. The van der Waals surface area contributed by atoms with Crippen molar-refractivity contribution in [2.24, 2.45) is 0 Å². The number of aromatic nitrogens is 3. The van der Waals surface area contributed by atoms with Gasteiger partial charge in [-0.2, -0.15) is 0 Å². The zero-order valence-electron chi connectivity index (χ0n) is 13.1. The van der Waals surface area contributed by atoms with Crippen LogP contribution in [-0.2, 0) is 0 Å². The lowest BCUT2D eigenvalue weighted by Crippen LogP contribution is -1.98. The maximum absolute atomic E-state index is 13.9. The largest absolute Gasteiger partial charge is 0.256 e. The summed E-state index contributed by atoms with van der Waals surface area (Å²) >= 11 is 0. The van der Waals surface area contributed by atoms with Crippen LogP contribution in [0.2, 0.25) is 0 Å². The zero-order valence-corrected chi connectivity index (χ0v) is 13.1. The van der Waals surface area contributed by atoms with Gasteiger partial charge in [-0.3, -0.25) is 15.0 Å². The van der Waals surface area contributed by atoms with Gasteiger partial charge in [-0.1, -0.05) is 12.1 Å². The molecule has 24 heavy (non-hydrogen) atoms. The zero-order chi connectivity index (χ0) is 16.5. The van der Waals surface area contributed by atoms with Crippen LogP contribution in [0.15, 0.2) is 67.0 Å². The third kappa shape index (κ3) is 2.42. The maximum atomic E-state index is 13.9. The minimum absolute atomic E-state index is 0.294. The van der Waals surface area contributed by atoms with Crippen LogP contribution >= 0.6 is 0 Å². The molecule has 0 aliphatic carbocycles. The van der Waals surface area contributed by atoms with Gasteiger partial charge in [-0.15, -0.1) is 0 Å². The molecule has 0 saturated carbocycles. The smallest absolute Gasteiger partial charge is 0.123 e. The summed E-state index contributed by atoms with van der Waals surface area (Å²) in [5.74, 6) is -0.294. The molecule has 0 amide bonds. The predicted octanol–water partition coefficient (Wildman–Crippen LogP) is 4.81. The van der Waals surface area contributed by atoms with Crippen LogP contribution in [0.5, 0.6) is 0 Å². The van der Waals surface area contributed by atoms with E-state index in [0.717, 1.165) is 39.1 Å². The van der Waals surface area contributed by atoms with E-state index >= 15 is 0 Å². The van der Waals surface area contributed by atoms with E-state index in [2.05, 4.69) is 15.0 Å². The van der Waals surface area contributed by atoms with Crippen LogP contribution < -0.4 is 0 Å². The molecule has 0 N–H and O–H groups in total. The Morgan fingerprint density at radius 2 is 1.46 bits per heavy atom. The molecule has 0 aliphatic rings. The van der Waals surface area contributed by atoms with Gasteiger partial charge in [0.05, 0.1) is 16.9 Å². The standard InChI is InChI=1S/C20H14FN3/c1-13-19(17-6-2-4-10-22-17)20(18-7-3-5-11-23-18)15-12-14(21)8-9-16(15)24-13/h2-12H,1H3. The molecule has 3 heterocycles. The van der Waals surface area contributed by atoms with E-state index in [1.807, 2.05) is 43.3 Å². The summed E-state index contributed by atoms with van der Waals surface area (Å²) in [6.07, 6.45) is 3.48.